The normalized spacial score (nSPS) is 15.3. The number of hydrogen-bond donors (Lipinski definition) is 0. The van der Waals surface area contributed by atoms with Crippen molar-refractivity contribution in [3.63, 3.8) is 0 Å². The van der Waals surface area contributed by atoms with E-state index >= 15 is 0 Å². The molecule has 1 aromatic carbocycles. The SMILES string of the molecule is CCOc1ccccc1CCC(=O)N1CCOCC1. The van der Waals surface area contributed by atoms with Crippen LogP contribution in [-0.4, -0.2) is 43.7 Å². The van der Waals surface area contributed by atoms with E-state index in [0.29, 0.717) is 39.3 Å². The Bertz CT molecular complexity index is 414. The van der Waals surface area contributed by atoms with Crippen LogP contribution in [0.5, 0.6) is 5.75 Å². The Balaban J connectivity index is 1.89. The molecule has 0 N–H and O–H groups in total. The van der Waals surface area contributed by atoms with E-state index in [-0.39, 0.29) is 5.91 Å². The molecule has 1 amide bonds. The first-order chi connectivity index (χ1) is 9.31. The summed E-state index contributed by atoms with van der Waals surface area (Å²) < 4.78 is 10.8. The van der Waals surface area contributed by atoms with Crippen molar-refractivity contribution in [3.05, 3.63) is 29.8 Å². The predicted molar refractivity (Wildman–Crippen MR) is 73.3 cm³/mol. The largest absolute Gasteiger partial charge is 0.494 e. The van der Waals surface area contributed by atoms with E-state index in [1.807, 2.05) is 36.1 Å². The lowest BCUT2D eigenvalue weighted by Crippen LogP contribution is -2.40. The number of hydrogen-bond acceptors (Lipinski definition) is 3. The summed E-state index contributed by atoms with van der Waals surface area (Å²) in [6.45, 7) is 5.35. The smallest absolute Gasteiger partial charge is 0.223 e. The molecule has 1 aliphatic rings. The van der Waals surface area contributed by atoms with E-state index in [1.54, 1.807) is 0 Å². The average molecular weight is 263 g/mol. The first kappa shape index (κ1) is 13.9. The zero-order chi connectivity index (χ0) is 13.5. The lowest BCUT2D eigenvalue weighted by atomic mass is 10.1. The second-order valence-electron chi connectivity index (χ2n) is 4.53. The molecule has 1 aromatic rings. The van der Waals surface area contributed by atoms with Gasteiger partial charge in [0.05, 0.1) is 19.8 Å². The minimum atomic E-state index is 0.203. The minimum Gasteiger partial charge on any atom is -0.494 e. The molecule has 1 fully saturated rings. The highest BCUT2D eigenvalue weighted by Crippen LogP contribution is 2.20. The van der Waals surface area contributed by atoms with Gasteiger partial charge in [0.1, 0.15) is 5.75 Å². The molecule has 4 nitrogen and oxygen atoms in total. The van der Waals surface area contributed by atoms with E-state index < -0.39 is 0 Å². The molecule has 0 unspecified atom stereocenters. The molecule has 1 saturated heterocycles. The Morgan fingerprint density at radius 1 is 1.32 bits per heavy atom. The van der Waals surface area contributed by atoms with Gasteiger partial charge in [-0.1, -0.05) is 18.2 Å². The highest BCUT2D eigenvalue weighted by atomic mass is 16.5. The Hall–Kier alpha value is -1.55. The van der Waals surface area contributed by atoms with Crippen LogP contribution < -0.4 is 4.74 Å². The number of benzene rings is 1. The van der Waals surface area contributed by atoms with Gasteiger partial charge in [0.2, 0.25) is 5.91 Å². The molecule has 0 radical (unpaired) electrons. The molecule has 0 spiro atoms. The number of carbonyl (C=O) groups is 1. The van der Waals surface area contributed by atoms with Gasteiger partial charge in [-0.25, -0.2) is 0 Å². The third kappa shape index (κ3) is 3.96. The average Bonchev–Trinajstić information content (AvgIpc) is 2.47. The fourth-order valence-electron chi connectivity index (χ4n) is 2.22. The zero-order valence-corrected chi connectivity index (χ0v) is 11.4. The van der Waals surface area contributed by atoms with Crippen molar-refractivity contribution in [3.8, 4) is 5.75 Å². The fraction of sp³-hybridized carbons (Fsp3) is 0.533. The van der Waals surface area contributed by atoms with E-state index in [4.69, 9.17) is 9.47 Å². The monoisotopic (exact) mass is 263 g/mol. The Labute approximate surface area is 114 Å². The third-order valence-electron chi connectivity index (χ3n) is 3.24. The van der Waals surface area contributed by atoms with Crippen LogP contribution in [0.25, 0.3) is 0 Å². The molecule has 2 rings (SSSR count). The number of aryl methyl sites for hydroxylation is 1. The lowest BCUT2D eigenvalue weighted by molar-refractivity contribution is -0.135. The van der Waals surface area contributed by atoms with Crippen molar-refractivity contribution in [2.75, 3.05) is 32.9 Å². The van der Waals surface area contributed by atoms with Crippen molar-refractivity contribution in [2.45, 2.75) is 19.8 Å². The zero-order valence-electron chi connectivity index (χ0n) is 11.4. The van der Waals surface area contributed by atoms with Crippen molar-refractivity contribution >= 4 is 5.91 Å². The van der Waals surface area contributed by atoms with Gasteiger partial charge in [-0.15, -0.1) is 0 Å². The molecule has 0 aromatic heterocycles. The molecule has 1 aliphatic heterocycles. The number of ether oxygens (including phenoxy) is 2. The minimum absolute atomic E-state index is 0.203. The highest BCUT2D eigenvalue weighted by molar-refractivity contribution is 5.76. The molecule has 0 atom stereocenters. The molecule has 0 bridgehead atoms. The van der Waals surface area contributed by atoms with E-state index in [1.165, 1.54) is 0 Å². The molecule has 19 heavy (non-hydrogen) atoms. The van der Waals surface area contributed by atoms with E-state index in [0.717, 1.165) is 17.7 Å². The second-order valence-corrected chi connectivity index (χ2v) is 4.53. The molecular formula is C15H21NO3. The van der Waals surface area contributed by atoms with Gasteiger partial charge >= 0.3 is 0 Å². The van der Waals surface area contributed by atoms with Crippen LogP contribution in [0.1, 0.15) is 18.9 Å². The van der Waals surface area contributed by atoms with Gasteiger partial charge in [0.15, 0.2) is 0 Å². The standard InChI is InChI=1S/C15H21NO3/c1-2-19-14-6-4-3-5-13(14)7-8-15(17)16-9-11-18-12-10-16/h3-6H,2,7-12H2,1H3. The fourth-order valence-corrected chi connectivity index (χ4v) is 2.22. The maximum Gasteiger partial charge on any atom is 0.223 e. The van der Waals surface area contributed by atoms with Crippen LogP contribution in [0.4, 0.5) is 0 Å². The quantitative estimate of drug-likeness (QED) is 0.814. The highest BCUT2D eigenvalue weighted by Gasteiger charge is 2.16. The van der Waals surface area contributed by atoms with E-state index in [9.17, 15) is 4.79 Å². The van der Waals surface area contributed by atoms with Gasteiger partial charge < -0.3 is 14.4 Å². The Morgan fingerprint density at radius 3 is 2.79 bits per heavy atom. The maximum atomic E-state index is 12.1. The molecule has 4 heteroatoms. The predicted octanol–water partition coefficient (Wildman–Crippen LogP) is 1.88. The van der Waals surface area contributed by atoms with Crippen LogP contribution in [-0.2, 0) is 16.0 Å². The summed E-state index contributed by atoms with van der Waals surface area (Å²) in [5.41, 5.74) is 1.10. The summed E-state index contributed by atoms with van der Waals surface area (Å²) >= 11 is 0. The molecule has 1 heterocycles. The van der Waals surface area contributed by atoms with Gasteiger partial charge in [-0.2, -0.15) is 0 Å². The maximum absolute atomic E-state index is 12.1. The summed E-state index contributed by atoms with van der Waals surface area (Å²) in [6, 6.07) is 7.92. The summed E-state index contributed by atoms with van der Waals surface area (Å²) in [5.74, 6) is 1.09. The molecule has 104 valence electrons. The summed E-state index contributed by atoms with van der Waals surface area (Å²) in [6.07, 6.45) is 1.26. The Morgan fingerprint density at radius 2 is 2.05 bits per heavy atom. The van der Waals surface area contributed by atoms with E-state index in [2.05, 4.69) is 0 Å². The van der Waals surface area contributed by atoms with Gasteiger partial charge in [-0.3, -0.25) is 4.79 Å². The number of amides is 1. The first-order valence-corrected chi connectivity index (χ1v) is 6.87. The van der Waals surface area contributed by atoms with Crippen LogP contribution in [0.2, 0.25) is 0 Å². The summed E-state index contributed by atoms with van der Waals surface area (Å²) in [4.78, 5) is 14.0. The third-order valence-corrected chi connectivity index (χ3v) is 3.24. The van der Waals surface area contributed by atoms with Crippen LogP contribution >= 0.6 is 0 Å². The number of morpholine rings is 1. The molecule has 0 saturated carbocycles. The van der Waals surface area contributed by atoms with Gasteiger partial charge in [0.25, 0.3) is 0 Å². The van der Waals surface area contributed by atoms with Crippen molar-refractivity contribution < 1.29 is 14.3 Å². The van der Waals surface area contributed by atoms with Crippen LogP contribution in [0, 0.1) is 0 Å². The van der Waals surface area contributed by atoms with Crippen molar-refractivity contribution in [1.82, 2.24) is 4.90 Å². The molecule has 0 aliphatic carbocycles. The Kier molecular flexibility index (Phi) is 5.21. The summed E-state index contributed by atoms with van der Waals surface area (Å²) in [7, 11) is 0. The lowest BCUT2D eigenvalue weighted by Gasteiger charge is -2.27. The van der Waals surface area contributed by atoms with Crippen molar-refractivity contribution in [2.24, 2.45) is 0 Å². The van der Waals surface area contributed by atoms with Gasteiger partial charge in [-0.05, 0) is 25.0 Å². The number of nitrogens with zero attached hydrogens (tertiary/aromatic N) is 1. The van der Waals surface area contributed by atoms with Crippen LogP contribution in [0.3, 0.4) is 0 Å². The van der Waals surface area contributed by atoms with Crippen molar-refractivity contribution in [1.29, 1.82) is 0 Å². The molecular weight excluding hydrogens is 242 g/mol. The number of carbonyl (C=O) groups excluding carboxylic acids is 1. The summed E-state index contributed by atoms with van der Waals surface area (Å²) in [5, 5.41) is 0. The first-order valence-electron chi connectivity index (χ1n) is 6.87. The number of rotatable bonds is 5. The second kappa shape index (κ2) is 7.14. The van der Waals surface area contributed by atoms with Gasteiger partial charge in [0, 0.05) is 19.5 Å². The number of para-hydroxylation sites is 1. The van der Waals surface area contributed by atoms with Crippen LogP contribution in [0.15, 0.2) is 24.3 Å². The topological polar surface area (TPSA) is 38.8 Å².